The molecule has 0 spiro atoms. The Morgan fingerprint density at radius 1 is 0.976 bits per heavy atom. The van der Waals surface area contributed by atoms with E-state index < -0.39 is 0 Å². The molecule has 0 saturated heterocycles. The minimum Gasteiger partial charge on any atom is -0.462 e. The Bertz CT molecular complexity index is 1810. The summed E-state index contributed by atoms with van der Waals surface area (Å²) in [5.74, 6) is 1.23. The molecule has 4 aromatic rings. The molecule has 2 aromatic carbocycles. The summed E-state index contributed by atoms with van der Waals surface area (Å²) >= 11 is 1.71. The van der Waals surface area contributed by atoms with Crippen LogP contribution in [0.4, 0.5) is 17.1 Å². The van der Waals surface area contributed by atoms with Gasteiger partial charge in [0.1, 0.15) is 11.5 Å². The van der Waals surface area contributed by atoms with Crippen molar-refractivity contribution in [1.29, 1.82) is 5.26 Å². The Kier molecular flexibility index (Phi) is 6.63. The third-order valence-electron chi connectivity index (χ3n) is 7.31. The van der Waals surface area contributed by atoms with Crippen molar-refractivity contribution in [2.45, 2.75) is 26.2 Å². The van der Waals surface area contributed by atoms with Crippen LogP contribution in [0.2, 0.25) is 0 Å². The van der Waals surface area contributed by atoms with Crippen molar-refractivity contribution in [2.75, 3.05) is 4.90 Å². The Labute approximate surface area is 244 Å². The van der Waals surface area contributed by atoms with Gasteiger partial charge in [-0.2, -0.15) is 0 Å². The summed E-state index contributed by atoms with van der Waals surface area (Å²) in [6, 6.07) is 27.2. The molecular weight excluding hydrogens is 524 g/mol. The zero-order chi connectivity index (χ0) is 28.6. The Morgan fingerprint density at radius 2 is 1.66 bits per heavy atom. The number of nitriles is 1. The van der Waals surface area contributed by atoms with Crippen molar-refractivity contribution >= 4 is 34.5 Å². The van der Waals surface area contributed by atoms with Crippen LogP contribution in [0.5, 0.6) is 0 Å². The second-order valence-electron chi connectivity index (χ2n) is 10.4. The normalized spacial score (nSPS) is 16.0. The lowest BCUT2D eigenvalue weighted by Gasteiger charge is -2.27. The van der Waals surface area contributed by atoms with E-state index in [0.717, 1.165) is 27.6 Å². The molecule has 41 heavy (non-hydrogen) atoms. The van der Waals surface area contributed by atoms with Crippen LogP contribution in [0.15, 0.2) is 120 Å². The fourth-order valence-corrected chi connectivity index (χ4v) is 6.54. The topological polar surface area (TPSA) is 53.5 Å². The SMILES string of the molecule is [C-]#[N+]/C(C#N)=C1/C=C(C)OC(/C=C/c2cc3c(s2)-c2ncc(N(c4ccccc4)c4ccccc4)cc2C3(C)C)=C1. The van der Waals surface area contributed by atoms with E-state index in [0.29, 0.717) is 17.1 Å². The van der Waals surface area contributed by atoms with E-state index in [2.05, 4.69) is 84.3 Å². The lowest BCUT2D eigenvalue weighted by molar-refractivity contribution is 0.318. The van der Waals surface area contributed by atoms with Crippen LogP contribution in [0.3, 0.4) is 0 Å². The van der Waals surface area contributed by atoms with Gasteiger partial charge >= 0.3 is 0 Å². The first-order chi connectivity index (χ1) is 19.9. The van der Waals surface area contributed by atoms with Gasteiger partial charge in [-0.15, -0.1) is 11.3 Å². The first-order valence-corrected chi connectivity index (χ1v) is 14.0. The van der Waals surface area contributed by atoms with Crippen LogP contribution in [-0.2, 0) is 10.2 Å². The zero-order valence-electron chi connectivity index (χ0n) is 22.9. The lowest BCUT2D eigenvalue weighted by atomic mass is 9.83. The van der Waals surface area contributed by atoms with Crippen LogP contribution in [-0.4, -0.2) is 4.98 Å². The summed E-state index contributed by atoms with van der Waals surface area (Å²) < 4.78 is 5.84. The molecular formula is C35H26N4OS. The summed E-state index contributed by atoms with van der Waals surface area (Å²) in [5.41, 5.74) is 7.07. The van der Waals surface area contributed by atoms with Crippen molar-refractivity contribution < 1.29 is 4.74 Å². The quantitative estimate of drug-likeness (QED) is 0.183. The average Bonchev–Trinajstić information content (AvgIpc) is 3.50. The van der Waals surface area contributed by atoms with Gasteiger partial charge in [-0.3, -0.25) is 4.98 Å². The molecule has 0 atom stereocenters. The molecule has 1 aliphatic heterocycles. The Balaban J connectivity index is 1.35. The minimum absolute atomic E-state index is 0.0514. The predicted molar refractivity (Wildman–Crippen MR) is 166 cm³/mol. The number of thiophene rings is 1. The van der Waals surface area contributed by atoms with E-state index >= 15 is 0 Å². The minimum atomic E-state index is -0.220. The molecule has 0 radical (unpaired) electrons. The fraction of sp³-hybridized carbons (Fsp3) is 0.114. The van der Waals surface area contributed by atoms with E-state index in [1.54, 1.807) is 23.5 Å². The van der Waals surface area contributed by atoms with Crippen LogP contribution < -0.4 is 4.90 Å². The molecule has 0 amide bonds. The summed E-state index contributed by atoms with van der Waals surface area (Å²) in [4.78, 5) is 12.9. The smallest absolute Gasteiger partial charge is 0.269 e. The van der Waals surface area contributed by atoms with Gasteiger partial charge in [0.15, 0.2) is 0 Å². The maximum Gasteiger partial charge on any atom is 0.269 e. The number of nitrogens with zero attached hydrogens (tertiary/aromatic N) is 4. The number of rotatable bonds is 5. The average molecular weight is 551 g/mol. The number of hydrogen-bond acceptors (Lipinski definition) is 5. The molecule has 5 nitrogen and oxygen atoms in total. The van der Waals surface area contributed by atoms with Crippen molar-refractivity contribution in [2.24, 2.45) is 0 Å². The molecule has 0 N–H and O–H groups in total. The van der Waals surface area contributed by atoms with Gasteiger partial charge in [-0.1, -0.05) is 50.2 Å². The number of allylic oxidation sites excluding steroid dienone is 6. The predicted octanol–water partition coefficient (Wildman–Crippen LogP) is 9.45. The molecule has 0 fully saturated rings. The molecule has 198 valence electrons. The summed E-state index contributed by atoms with van der Waals surface area (Å²) in [6.07, 6.45) is 9.32. The van der Waals surface area contributed by atoms with E-state index in [9.17, 15) is 5.26 Å². The number of ether oxygens (including phenoxy) is 1. The second-order valence-corrected chi connectivity index (χ2v) is 11.5. The highest BCUT2D eigenvalue weighted by Crippen LogP contribution is 2.53. The fourth-order valence-electron chi connectivity index (χ4n) is 5.31. The number of hydrogen-bond donors (Lipinski definition) is 0. The molecule has 2 aliphatic rings. The van der Waals surface area contributed by atoms with Gasteiger partial charge in [-0.25, -0.2) is 10.1 Å². The van der Waals surface area contributed by atoms with Crippen molar-refractivity contribution in [3.05, 3.63) is 147 Å². The lowest BCUT2D eigenvalue weighted by Crippen LogP contribution is -2.16. The number of anilines is 3. The summed E-state index contributed by atoms with van der Waals surface area (Å²) in [7, 11) is 0. The van der Waals surface area contributed by atoms with Crippen molar-refractivity contribution in [1.82, 2.24) is 4.98 Å². The molecule has 0 saturated carbocycles. The zero-order valence-corrected chi connectivity index (χ0v) is 23.7. The Hall–Kier alpha value is -5.17. The number of aromatic nitrogens is 1. The molecule has 2 aromatic heterocycles. The van der Waals surface area contributed by atoms with E-state index in [4.69, 9.17) is 16.3 Å². The third-order valence-corrected chi connectivity index (χ3v) is 8.42. The standard InChI is InChI=1S/C35H26N4OS/c1-23-17-24(32(21-36)37-4)18-28(40-23)15-16-29-20-31-34(41-29)33-30(35(31,2)3)19-27(22-38-33)39(25-11-7-5-8-12-25)26-13-9-6-10-14-26/h5-20,22H,1-3H3/b16-15+,32-24-. The molecule has 6 rings (SSSR count). The highest BCUT2D eigenvalue weighted by Gasteiger charge is 2.39. The number of pyridine rings is 1. The number of para-hydroxylation sites is 2. The number of fused-ring (bicyclic) bond motifs is 3. The highest BCUT2D eigenvalue weighted by molar-refractivity contribution is 7.16. The molecule has 3 heterocycles. The van der Waals surface area contributed by atoms with Crippen LogP contribution in [0.1, 0.15) is 36.8 Å². The van der Waals surface area contributed by atoms with E-state index in [-0.39, 0.29) is 11.1 Å². The largest absolute Gasteiger partial charge is 0.462 e. The number of benzene rings is 2. The van der Waals surface area contributed by atoms with Gasteiger partial charge in [0.05, 0.1) is 35.1 Å². The van der Waals surface area contributed by atoms with Crippen LogP contribution in [0, 0.1) is 17.9 Å². The van der Waals surface area contributed by atoms with Gasteiger partial charge in [0, 0.05) is 21.7 Å². The first-order valence-electron chi connectivity index (χ1n) is 13.2. The summed E-state index contributed by atoms with van der Waals surface area (Å²) in [5, 5.41) is 9.27. The third kappa shape index (κ3) is 4.76. The first kappa shape index (κ1) is 26.1. The molecule has 0 unspecified atom stereocenters. The maximum absolute atomic E-state index is 9.27. The van der Waals surface area contributed by atoms with Gasteiger partial charge in [0.2, 0.25) is 0 Å². The second kappa shape index (κ2) is 10.4. The monoisotopic (exact) mass is 550 g/mol. The van der Waals surface area contributed by atoms with Gasteiger partial charge in [-0.05, 0) is 84.3 Å². The van der Waals surface area contributed by atoms with Crippen LogP contribution in [0.25, 0.3) is 21.5 Å². The highest BCUT2D eigenvalue weighted by atomic mass is 32.1. The van der Waals surface area contributed by atoms with Crippen molar-refractivity contribution in [3.8, 4) is 16.6 Å². The van der Waals surface area contributed by atoms with Crippen LogP contribution >= 0.6 is 11.3 Å². The maximum atomic E-state index is 9.27. The van der Waals surface area contributed by atoms with Gasteiger partial charge < -0.3 is 9.64 Å². The van der Waals surface area contributed by atoms with Gasteiger partial charge in [0.25, 0.3) is 5.70 Å². The molecule has 6 heteroatoms. The van der Waals surface area contributed by atoms with Crippen molar-refractivity contribution in [3.63, 3.8) is 0 Å². The Morgan fingerprint density at radius 3 is 2.29 bits per heavy atom. The van der Waals surface area contributed by atoms with E-state index in [1.807, 2.05) is 43.5 Å². The molecule has 1 aliphatic carbocycles. The molecule has 0 bridgehead atoms. The van der Waals surface area contributed by atoms with E-state index in [1.165, 1.54) is 16.0 Å². The summed E-state index contributed by atoms with van der Waals surface area (Å²) in [6.45, 7) is 13.6.